The van der Waals surface area contributed by atoms with E-state index in [9.17, 15) is 5.11 Å². The van der Waals surface area contributed by atoms with Gasteiger partial charge in [-0.25, -0.2) is 36.4 Å². The van der Waals surface area contributed by atoms with Gasteiger partial charge in [0.05, 0.1) is 6.10 Å². The zero-order valence-electron chi connectivity index (χ0n) is 15.9. The summed E-state index contributed by atoms with van der Waals surface area (Å²) in [6.45, 7) is 2.39. The number of hydrogen-bond acceptors (Lipinski definition) is 2. The predicted octanol–water partition coefficient (Wildman–Crippen LogP) is 4.99. The maximum absolute atomic E-state index is 9.33. The van der Waals surface area contributed by atoms with Gasteiger partial charge >= 0.3 is 0 Å². The summed E-state index contributed by atoms with van der Waals surface area (Å²) in [5.74, 6) is 0. The summed E-state index contributed by atoms with van der Waals surface area (Å²) >= 11 is 0. The van der Waals surface area contributed by atoms with Gasteiger partial charge in [-0.15, -0.1) is 0 Å². The first-order valence-corrected chi connectivity index (χ1v) is 8.95. The van der Waals surface area contributed by atoms with Crippen molar-refractivity contribution < 1.29 is 39.2 Å². The van der Waals surface area contributed by atoms with Crippen LogP contribution in [0.1, 0.15) is 24.1 Å². The van der Waals surface area contributed by atoms with Gasteiger partial charge in [0.15, 0.2) is 0 Å². The van der Waals surface area contributed by atoms with Crippen molar-refractivity contribution in [2.45, 2.75) is 19.1 Å². The Morgan fingerprint density at radius 2 is 1.29 bits per heavy atom. The van der Waals surface area contributed by atoms with Gasteiger partial charge in [0.1, 0.15) is 0 Å². The third-order valence-corrected chi connectivity index (χ3v) is 3.77. The molecule has 28 heavy (non-hydrogen) atoms. The molecule has 0 aliphatic heterocycles. The van der Waals surface area contributed by atoms with Gasteiger partial charge in [-0.1, -0.05) is 0 Å². The summed E-state index contributed by atoms with van der Waals surface area (Å²) in [5.41, 5.74) is 2.48. The van der Waals surface area contributed by atoms with Crippen molar-refractivity contribution in [2.75, 3.05) is 6.54 Å². The average molecular weight is 457 g/mol. The molecule has 4 aromatic carbocycles. The monoisotopic (exact) mass is 457 g/mol. The second-order valence-electron chi connectivity index (χ2n) is 6.05. The molecule has 1 atom stereocenters. The van der Waals surface area contributed by atoms with Crippen LogP contribution in [0.4, 0.5) is 0 Å². The molecule has 0 amide bonds. The summed E-state index contributed by atoms with van der Waals surface area (Å²) < 4.78 is 0. The average Bonchev–Trinajstić information content (AvgIpc) is 3.48. The molecule has 0 saturated carbocycles. The van der Waals surface area contributed by atoms with E-state index in [-0.39, 0.29) is 46.3 Å². The number of aliphatic hydroxyl groups excluding tert-OH is 1. The summed E-state index contributed by atoms with van der Waals surface area (Å²) in [6, 6.07) is 36.7. The van der Waals surface area contributed by atoms with E-state index in [4.69, 9.17) is 0 Å². The van der Waals surface area contributed by atoms with E-state index in [1.54, 1.807) is 6.92 Å². The van der Waals surface area contributed by atoms with Crippen molar-refractivity contribution in [3.05, 3.63) is 120 Å². The van der Waals surface area contributed by atoms with Crippen LogP contribution in [0.25, 0.3) is 0 Å². The number of nitrogens with one attached hydrogen (secondary N) is 1. The van der Waals surface area contributed by atoms with Gasteiger partial charge in [0, 0.05) is 40.7 Å². The molecule has 4 aromatic rings. The first-order valence-electron chi connectivity index (χ1n) is 8.95. The molecule has 0 fully saturated rings. The molecule has 0 spiro atoms. The van der Waals surface area contributed by atoms with Crippen LogP contribution >= 0.6 is 0 Å². The van der Waals surface area contributed by atoms with Gasteiger partial charge in [-0.05, 0) is 6.92 Å². The van der Waals surface area contributed by atoms with Crippen LogP contribution in [-0.4, -0.2) is 17.8 Å². The fourth-order valence-electron chi connectivity index (χ4n) is 2.52. The standard InChI is InChI=1S/C14H17NO.2C5H5.2Fe/c1-11(16)10-15-14(12-6-2-3-7-12)13-8-4-5-9-13;2*1-2-4-5-3-1;;/h2-9,11,14-16H,10H2,1H3;2*1-5H;;/q-6;2*-1;;. The zero-order chi connectivity index (χ0) is 18.5. The van der Waals surface area contributed by atoms with Crippen molar-refractivity contribution in [3.63, 3.8) is 0 Å². The van der Waals surface area contributed by atoms with Crippen LogP contribution in [0.3, 0.4) is 0 Å². The quantitative estimate of drug-likeness (QED) is 0.327. The van der Waals surface area contributed by atoms with Gasteiger partial charge < -0.3 is 40.3 Å². The summed E-state index contributed by atoms with van der Waals surface area (Å²) in [6.07, 6.45) is -0.326. The minimum absolute atomic E-state index is 0. The molecule has 0 aromatic heterocycles. The third kappa shape index (κ3) is 10.6. The van der Waals surface area contributed by atoms with Crippen LogP contribution in [0, 0.1) is 0 Å². The Morgan fingerprint density at radius 3 is 1.64 bits per heavy atom. The fraction of sp³-hybridized carbons (Fsp3) is 0.167. The molecule has 158 valence electrons. The van der Waals surface area contributed by atoms with Gasteiger partial charge in [-0.2, -0.15) is 60.1 Å². The molecule has 0 aliphatic rings. The van der Waals surface area contributed by atoms with E-state index < -0.39 is 0 Å². The van der Waals surface area contributed by atoms with Crippen molar-refractivity contribution in [2.24, 2.45) is 0 Å². The minimum Gasteiger partial charge on any atom is -0.748 e. The topological polar surface area (TPSA) is 32.3 Å². The SMILES string of the molecule is CC(O)CNC([c-]1cccc1)[c-]1[cH-][cH-][cH-][cH-]1.[Fe].[Fe].c1cc[cH-]c1.c1cc[cH-]c1. The Balaban J connectivity index is 0.000000500. The van der Waals surface area contributed by atoms with Crippen LogP contribution in [-0.2, 0) is 34.1 Å². The Labute approximate surface area is 190 Å². The van der Waals surface area contributed by atoms with E-state index in [1.165, 1.54) is 11.1 Å². The molecule has 4 rings (SSSR count). The maximum Gasteiger partial charge on any atom is 0.0635 e. The summed E-state index contributed by atoms with van der Waals surface area (Å²) in [5, 5.41) is 12.7. The van der Waals surface area contributed by atoms with Crippen LogP contribution in [0.2, 0.25) is 0 Å². The Bertz CT molecular complexity index is 632. The van der Waals surface area contributed by atoms with Gasteiger partial charge in [0.25, 0.3) is 0 Å². The zero-order valence-corrected chi connectivity index (χ0v) is 18.1. The second-order valence-corrected chi connectivity index (χ2v) is 6.05. The van der Waals surface area contributed by atoms with E-state index >= 15 is 0 Å². The van der Waals surface area contributed by atoms with Crippen LogP contribution in [0.15, 0.2) is 109 Å². The molecule has 4 heteroatoms. The van der Waals surface area contributed by atoms with Crippen molar-refractivity contribution in [1.29, 1.82) is 0 Å². The van der Waals surface area contributed by atoms with E-state index in [2.05, 4.69) is 29.6 Å². The number of aliphatic hydroxyl groups is 1. The molecule has 1 unspecified atom stereocenters. The first kappa shape index (κ1) is 26.4. The van der Waals surface area contributed by atoms with Crippen LogP contribution in [0.5, 0.6) is 0 Å². The maximum atomic E-state index is 9.33. The smallest absolute Gasteiger partial charge is 0.0635 e. The summed E-state index contributed by atoms with van der Waals surface area (Å²) in [7, 11) is 0. The van der Waals surface area contributed by atoms with Crippen LogP contribution < -0.4 is 5.32 Å². The normalized spacial score (nSPS) is 11.4. The van der Waals surface area contributed by atoms with E-state index in [1.807, 2.05) is 84.9 Å². The number of rotatable bonds is 5. The fourth-order valence-corrected chi connectivity index (χ4v) is 2.52. The van der Waals surface area contributed by atoms with Crippen molar-refractivity contribution in [1.82, 2.24) is 5.32 Å². The van der Waals surface area contributed by atoms with Crippen molar-refractivity contribution in [3.8, 4) is 0 Å². The van der Waals surface area contributed by atoms with Crippen molar-refractivity contribution >= 4 is 0 Å². The molecule has 0 bridgehead atoms. The Morgan fingerprint density at radius 1 is 0.821 bits per heavy atom. The number of hydrogen-bond donors (Lipinski definition) is 2. The molecule has 0 aliphatic carbocycles. The Kier molecular flexibility index (Phi) is 15.4. The van der Waals surface area contributed by atoms with E-state index in [0.717, 1.165) is 0 Å². The summed E-state index contributed by atoms with van der Waals surface area (Å²) in [4.78, 5) is 0. The largest absolute Gasteiger partial charge is 0.748 e. The molecule has 0 heterocycles. The van der Waals surface area contributed by atoms with Gasteiger partial charge in [0.2, 0.25) is 0 Å². The minimum atomic E-state index is -0.326. The molecular formula is C24H27Fe2NO-8. The molecule has 2 N–H and O–H groups in total. The predicted molar refractivity (Wildman–Crippen MR) is 110 cm³/mol. The second kappa shape index (κ2) is 16.3. The molecule has 0 saturated heterocycles. The molecular weight excluding hydrogens is 430 g/mol. The first-order chi connectivity index (χ1) is 12.8. The Hall–Kier alpha value is -1.64. The van der Waals surface area contributed by atoms with E-state index in [0.29, 0.717) is 6.54 Å². The van der Waals surface area contributed by atoms with Gasteiger partial charge in [-0.3, -0.25) is 0 Å². The molecule has 2 nitrogen and oxygen atoms in total. The molecule has 0 radical (unpaired) electrons. The third-order valence-electron chi connectivity index (χ3n) is 3.77.